The maximum absolute atomic E-state index is 13.5. The quantitative estimate of drug-likeness (QED) is 0.518. The average Bonchev–Trinajstić information content (AvgIpc) is 3.51. The van der Waals surface area contributed by atoms with Gasteiger partial charge < -0.3 is 4.74 Å². The molecule has 4 saturated carbocycles. The lowest BCUT2D eigenvalue weighted by Gasteiger charge is -2.55. The van der Waals surface area contributed by atoms with E-state index in [1.165, 1.54) is 19.3 Å². The van der Waals surface area contributed by atoms with Gasteiger partial charge in [0.25, 0.3) is 0 Å². The zero-order chi connectivity index (χ0) is 20.3. The summed E-state index contributed by atoms with van der Waals surface area (Å²) >= 11 is 0. The predicted octanol–water partition coefficient (Wildman–Crippen LogP) is 5.31. The topological polar surface area (TPSA) is 43.4 Å². The van der Waals surface area contributed by atoms with E-state index < -0.39 is 16.8 Å². The molecule has 3 nitrogen and oxygen atoms in total. The van der Waals surface area contributed by atoms with Crippen molar-refractivity contribution < 1.29 is 14.3 Å². The van der Waals surface area contributed by atoms with E-state index in [0.717, 1.165) is 36.0 Å². The van der Waals surface area contributed by atoms with E-state index in [9.17, 15) is 9.59 Å². The molecule has 0 aromatic heterocycles. The molecular weight excluding hydrogens is 372 g/mol. The maximum atomic E-state index is 13.5. The minimum absolute atomic E-state index is 0.269. The third kappa shape index (κ3) is 2.64. The molecule has 0 radical (unpaired) electrons. The molecule has 152 valence electrons. The van der Waals surface area contributed by atoms with Gasteiger partial charge >= 0.3 is 11.9 Å². The Morgan fingerprint density at radius 1 is 0.733 bits per heavy atom. The van der Waals surface area contributed by atoms with Crippen molar-refractivity contribution in [2.24, 2.45) is 23.2 Å². The fourth-order valence-electron chi connectivity index (χ4n) is 6.97. The van der Waals surface area contributed by atoms with Crippen molar-refractivity contribution in [3.05, 3.63) is 77.9 Å². The first-order valence-electron chi connectivity index (χ1n) is 11.2. The molecule has 0 saturated heterocycles. The molecule has 3 heteroatoms. The van der Waals surface area contributed by atoms with Gasteiger partial charge in [0.05, 0.1) is 5.41 Å². The van der Waals surface area contributed by atoms with Crippen LogP contribution in [0.15, 0.2) is 66.7 Å². The summed E-state index contributed by atoms with van der Waals surface area (Å²) < 4.78 is 5.74. The van der Waals surface area contributed by atoms with Crippen LogP contribution in [-0.2, 0) is 19.7 Å². The van der Waals surface area contributed by atoms with Gasteiger partial charge in [0.2, 0.25) is 0 Å². The SMILES string of the molecule is O=C(OC(=O)[C@]1(c2ccccc2)C=C1c1ccccc1)C12CC3CC(CC(C3)C1)C2. The Balaban J connectivity index is 1.29. The lowest BCUT2D eigenvalue weighted by atomic mass is 9.49. The van der Waals surface area contributed by atoms with Gasteiger partial charge in [-0.15, -0.1) is 0 Å². The molecule has 5 aliphatic carbocycles. The molecule has 0 spiro atoms. The Kier molecular flexibility index (Phi) is 3.87. The van der Waals surface area contributed by atoms with Gasteiger partial charge in [-0.2, -0.15) is 0 Å². The summed E-state index contributed by atoms with van der Waals surface area (Å²) in [4.78, 5) is 26.9. The molecule has 1 atom stereocenters. The number of hydrogen-bond donors (Lipinski definition) is 0. The zero-order valence-corrected chi connectivity index (χ0v) is 17.1. The zero-order valence-electron chi connectivity index (χ0n) is 17.1. The summed E-state index contributed by atoms with van der Waals surface area (Å²) in [6.45, 7) is 0. The molecule has 4 bridgehead atoms. The Hall–Kier alpha value is -2.68. The summed E-state index contributed by atoms with van der Waals surface area (Å²) in [5.74, 6) is 1.21. The number of ether oxygens (including phenoxy) is 1. The first kappa shape index (κ1) is 18.1. The number of benzene rings is 2. The largest absolute Gasteiger partial charge is 0.392 e. The highest BCUT2D eigenvalue weighted by molar-refractivity contribution is 6.14. The van der Waals surface area contributed by atoms with Crippen molar-refractivity contribution in [2.75, 3.05) is 0 Å². The highest BCUT2D eigenvalue weighted by atomic mass is 16.6. The molecule has 0 N–H and O–H groups in total. The van der Waals surface area contributed by atoms with Crippen molar-refractivity contribution in [3.63, 3.8) is 0 Å². The number of rotatable bonds is 4. The van der Waals surface area contributed by atoms with Gasteiger partial charge in [-0.25, -0.2) is 4.79 Å². The van der Waals surface area contributed by atoms with Crippen molar-refractivity contribution >= 4 is 17.5 Å². The monoisotopic (exact) mass is 398 g/mol. The highest BCUT2D eigenvalue weighted by Gasteiger charge is 2.59. The Morgan fingerprint density at radius 3 is 1.83 bits per heavy atom. The molecule has 2 aromatic carbocycles. The van der Waals surface area contributed by atoms with Gasteiger partial charge in [-0.3, -0.25) is 4.79 Å². The smallest absolute Gasteiger partial charge is 0.332 e. The van der Waals surface area contributed by atoms with E-state index in [-0.39, 0.29) is 5.97 Å². The molecule has 0 heterocycles. The van der Waals surface area contributed by atoms with Gasteiger partial charge in [0, 0.05) is 0 Å². The minimum Gasteiger partial charge on any atom is -0.392 e. The Labute approximate surface area is 177 Å². The maximum Gasteiger partial charge on any atom is 0.332 e. The molecule has 4 fully saturated rings. The lowest BCUT2D eigenvalue weighted by molar-refractivity contribution is -0.179. The van der Waals surface area contributed by atoms with Crippen molar-refractivity contribution in [1.29, 1.82) is 0 Å². The summed E-state index contributed by atoms with van der Waals surface area (Å²) in [6, 6.07) is 19.6. The van der Waals surface area contributed by atoms with Gasteiger partial charge in [-0.05, 0) is 73.0 Å². The van der Waals surface area contributed by atoms with Gasteiger partial charge in [0.15, 0.2) is 0 Å². The number of hydrogen-bond acceptors (Lipinski definition) is 3. The first-order chi connectivity index (χ1) is 14.6. The van der Waals surface area contributed by atoms with E-state index in [0.29, 0.717) is 17.8 Å². The molecule has 0 unspecified atom stereocenters. The van der Waals surface area contributed by atoms with Crippen molar-refractivity contribution in [1.82, 2.24) is 0 Å². The predicted molar refractivity (Wildman–Crippen MR) is 114 cm³/mol. The minimum atomic E-state index is -0.944. The van der Waals surface area contributed by atoms with Crippen LogP contribution in [0.25, 0.3) is 5.57 Å². The van der Waals surface area contributed by atoms with Crippen LogP contribution < -0.4 is 0 Å². The van der Waals surface area contributed by atoms with Crippen LogP contribution in [0.4, 0.5) is 0 Å². The van der Waals surface area contributed by atoms with E-state index in [4.69, 9.17) is 4.74 Å². The van der Waals surface area contributed by atoms with Crippen LogP contribution in [0.2, 0.25) is 0 Å². The molecule has 0 amide bonds. The summed E-state index contributed by atoms with van der Waals surface area (Å²) in [7, 11) is 0. The molecule has 0 aliphatic heterocycles. The van der Waals surface area contributed by atoms with Crippen molar-refractivity contribution in [3.8, 4) is 0 Å². The number of carbonyl (C=O) groups is 2. The fourth-order valence-corrected chi connectivity index (χ4v) is 6.97. The molecule has 30 heavy (non-hydrogen) atoms. The van der Waals surface area contributed by atoms with Crippen LogP contribution in [0.5, 0.6) is 0 Å². The number of esters is 2. The summed E-state index contributed by atoms with van der Waals surface area (Å²) in [6.07, 6.45) is 8.44. The fraction of sp³-hybridized carbons (Fsp3) is 0.407. The molecular formula is C27H26O3. The van der Waals surface area contributed by atoms with Gasteiger partial charge in [-0.1, -0.05) is 66.7 Å². The second-order valence-electron chi connectivity index (χ2n) is 9.97. The second kappa shape index (κ2) is 6.41. The van der Waals surface area contributed by atoms with Crippen LogP contribution >= 0.6 is 0 Å². The van der Waals surface area contributed by atoms with Crippen LogP contribution in [0.1, 0.15) is 49.7 Å². The standard InChI is InChI=1S/C27H26O3/c28-24(26-14-18-11-19(15-26)13-20(12-18)16-26)30-25(29)27(22-9-5-2-6-10-22)17-23(27)21-7-3-1-4-8-21/h1-10,17-20H,11-16H2/t18?,19?,20?,26?,27-/m0/s1. The average molecular weight is 399 g/mol. The highest BCUT2D eigenvalue weighted by Crippen LogP contribution is 2.61. The van der Waals surface area contributed by atoms with Crippen LogP contribution in [0.3, 0.4) is 0 Å². The first-order valence-corrected chi connectivity index (χ1v) is 11.2. The molecule has 5 aliphatic rings. The Morgan fingerprint density at radius 2 is 1.27 bits per heavy atom. The lowest BCUT2D eigenvalue weighted by Crippen LogP contribution is -2.51. The third-order valence-corrected chi connectivity index (χ3v) is 7.99. The number of carbonyl (C=O) groups excluding carboxylic acids is 2. The van der Waals surface area contributed by atoms with E-state index in [2.05, 4.69) is 0 Å². The van der Waals surface area contributed by atoms with Crippen LogP contribution in [-0.4, -0.2) is 11.9 Å². The normalized spacial score (nSPS) is 35.6. The van der Waals surface area contributed by atoms with Gasteiger partial charge in [0.1, 0.15) is 5.41 Å². The summed E-state index contributed by atoms with van der Waals surface area (Å²) in [5.41, 5.74) is 1.43. The summed E-state index contributed by atoms with van der Waals surface area (Å²) in [5, 5.41) is 0. The third-order valence-electron chi connectivity index (χ3n) is 7.99. The second-order valence-corrected chi connectivity index (χ2v) is 9.97. The van der Waals surface area contributed by atoms with Crippen molar-refractivity contribution in [2.45, 2.75) is 43.9 Å². The molecule has 7 rings (SSSR count). The van der Waals surface area contributed by atoms with E-state index in [1.54, 1.807) is 0 Å². The Bertz CT molecular complexity index is 1000. The molecule has 2 aromatic rings. The van der Waals surface area contributed by atoms with E-state index in [1.807, 2.05) is 66.7 Å². The van der Waals surface area contributed by atoms with Crippen LogP contribution in [0, 0.1) is 23.2 Å². The van der Waals surface area contributed by atoms with E-state index >= 15 is 0 Å².